The lowest BCUT2D eigenvalue weighted by molar-refractivity contribution is -0.637. The van der Waals surface area contributed by atoms with Crippen molar-refractivity contribution in [2.75, 3.05) is 0 Å². The van der Waals surface area contributed by atoms with Crippen molar-refractivity contribution in [1.29, 1.82) is 0 Å². The molecule has 9 N–H and O–H groups in total. The van der Waals surface area contributed by atoms with Gasteiger partial charge < -0.3 is 20.6 Å². The summed E-state index contributed by atoms with van der Waals surface area (Å²) < 4.78 is 55.3. The summed E-state index contributed by atoms with van der Waals surface area (Å²) >= 11 is 0. The molecule has 1 radical (unpaired) electrons. The minimum atomic E-state index is -4.12. The van der Waals surface area contributed by atoms with Crippen LogP contribution in [0.3, 0.4) is 0 Å². The number of quaternary nitrogens is 2. The van der Waals surface area contributed by atoms with Crippen LogP contribution in [0.15, 0.2) is 45.1 Å². The highest BCUT2D eigenvalue weighted by molar-refractivity contribution is 7.92. The Hall–Kier alpha value is -2.79. The first kappa shape index (κ1) is 24.5. The average molecular weight is 477 g/mol. The zero-order valence-corrected chi connectivity index (χ0v) is 17.9. The van der Waals surface area contributed by atoms with Crippen LogP contribution in [0.2, 0.25) is 0 Å². The Morgan fingerprint density at radius 1 is 1.23 bits per heavy atom. The summed E-state index contributed by atoms with van der Waals surface area (Å²) in [6.45, 7) is 0.818. The van der Waals surface area contributed by atoms with Gasteiger partial charge in [0.2, 0.25) is 4.90 Å². The van der Waals surface area contributed by atoms with Gasteiger partial charge in [0.1, 0.15) is 11.5 Å². The Balaban J connectivity index is 2.18. The fourth-order valence-corrected chi connectivity index (χ4v) is 3.86. The molecule has 0 fully saturated rings. The molecule has 0 amide bonds. The highest BCUT2D eigenvalue weighted by atomic mass is 32.3. The summed E-state index contributed by atoms with van der Waals surface area (Å²) in [7, 11) is -8.22. The van der Waals surface area contributed by atoms with Gasteiger partial charge in [0.25, 0.3) is 0 Å². The number of phenolic OH excluding ortho intramolecular Hbond substituents is 2. The van der Waals surface area contributed by atoms with E-state index in [9.17, 15) is 32.5 Å². The molecule has 0 saturated carbocycles. The van der Waals surface area contributed by atoms with Crippen molar-refractivity contribution in [3.05, 3.63) is 47.0 Å². The number of hydrogen-bond acceptors (Lipinski definition) is 9. The van der Waals surface area contributed by atoms with E-state index in [-0.39, 0.29) is 51.1 Å². The number of rotatable bonds is 8. The molecular weight excluding hydrogens is 456 g/mol. The molecule has 0 aromatic heterocycles. The van der Waals surface area contributed by atoms with Crippen LogP contribution >= 0.6 is 0 Å². The smallest absolute Gasteiger partial charge is 0.482 e. The molecule has 31 heavy (non-hydrogen) atoms. The zero-order chi connectivity index (χ0) is 23.4. The highest BCUT2D eigenvalue weighted by Crippen LogP contribution is 2.29. The summed E-state index contributed by atoms with van der Waals surface area (Å²) in [5.74, 6) is 5.20. The predicted molar refractivity (Wildman–Crippen MR) is 101 cm³/mol. The Labute approximate surface area is 178 Å². The van der Waals surface area contributed by atoms with Gasteiger partial charge in [-0.3, -0.25) is 4.99 Å². The van der Waals surface area contributed by atoms with E-state index < -0.39 is 26.6 Å². The number of aliphatic imine (C=N–C) groups is 1. The number of phenols is 2. The van der Waals surface area contributed by atoms with Crippen molar-refractivity contribution in [3.63, 3.8) is 0 Å². The van der Waals surface area contributed by atoms with Crippen LogP contribution in [0.25, 0.3) is 0 Å². The summed E-state index contributed by atoms with van der Waals surface area (Å²) in [6, 6.07) is 4.73. The first-order chi connectivity index (χ1) is 14.4. The Morgan fingerprint density at radius 2 is 1.90 bits per heavy atom. The van der Waals surface area contributed by atoms with E-state index in [1.165, 1.54) is 13.0 Å². The average Bonchev–Trinajstić information content (AvgIpc) is 2.73. The Morgan fingerprint density at radius 3 is 2.52 bits per heavy atom. The molecule has 2 aromatic rings. The Kier molecular flexibility index (Phi) is 7.55. The van der Waals surface area contributed by atoms with Crippen molar-refractivity contribution in [3.8, 4) is 11.5 Å². The maximum atomic E-state index is 12.0. The number of aromatic hydroxyl groups is 2. The first-order valence-electron chi connectivity index (χ1n) is 8.38. The third kappa shape index (κ3) is 5.88. The van der Waals surface area contributed by atoms with E-state index in [2.05, 4.69) is 30.7 Å². The molecule has 0 heterocycles. The highest BCUT2D eigenvalue weighted by Gasteiger charge is 2.38. The second-order valence-corrected chi connectivity index (χ2v) is 9.39. The number of aryl methyl sites for hydroxylation is 1. The lowest BCUT2D eigenvalue weighted by Crippen LogP contribution is -2.52. The molecule has 0 saturated heterocycles. The van der Waals surface area contributed by atoms with Crippen LogP contribution in [0.1, 0.15) is 16.7 Å². The number of amidine groups is 1. The van der Waals surface area contributed by atoms with Gasteiger partial charge in [-0.05, 0) is 34.9 Å². The monoisotopic (exact) mass is 477 g/mol. The molecule has 13 nitrogen and oxygen atoms in total. The maximum Gasteiger partial charge on any atom is 0.482 e. The van der Waals surface area contributed by atoms with Crippen LogP contribution in [0.4, 0.5) is 0 Å². The maximum absolute atomic E-state index is 12.0. The lowest BCUT2D eigenvalue weighted by Gasteiger charge is -2.15. The van der Waals surface area contributed by atoms with Crippen LogP contribution in [-0.2, 0) is 51.0 Å². The SMILES string of the molecule is Cc1cc([S+]([O])(=O)O[NH3+])cc(CN=C([O-])NCc2cc(S(=O)(=O)O[NH3+])ccc2O)c1O. The molecule has 1 atom stereocenters. The van der Waals surface area contributed by atoms with E-state index in [1.54, 1.807) is 0 Å². The first-order valence-corrected chi connectivity index (χ1v) is 11.2. The van der Waals surface area contributed by atoms with E-state index in [0.29, 0.717) is 0 Å². The zero-order valence-electron chi connectivity index (χ0n) is 16.2. The molecule has 0 bridgehead atoms. The van der Waals surface area contributed by atoms with Gasteiger partial charge in [-0.25, -0.2) is 0 Å². The second-order valence-electron chi connectivity index (χ2n) is 6.16. The molecule has 0 aliphatic carbocycles. The van der Waals surface area contributed by atoms with Gasteiger partial charge in [0, 0.05) is 35.8 Å². The molecule has 2 aromatic carbocycles. The van der Waals surface area contributed by atoms with Gasteiger partial charge in [0.05, 0.1) is 20.3 Å². The van der Waals surface area contributed by atoms with Gasteiger partial charge in [-0.15, -0.1) is 0 Å². The molecule has 0 aliphatic heterocycles. The predicted octanol–water partition coefficient (Wildman–Crippen LogP) is -2.43. The summed E-state index contributed by atoms with van der Waals surface area (Å²) in [5, 5.41) is 34.3. The van der Waals surface area contributed by atoms with Crippen LogP contribution in [0, 0.1) is 6.92 Å². The molecule has 0 spiro atoms. The second kappa shape index (κ2) is 9.56. The number of nitrogens with zero attached hydrogens (tertiary/aromatic N) is 1. The van der Waals surface area contributed by atoms with E-state index in [1.807, 2.05) is 0 Å². The van der Waals surface area contributed by atoms with Gasteiger partial charge in [-0.2, -0.15) is 20.2 Å². The van der Waals surface area contributed by atoms with Crippen molar-refractivity contribution in [2.45, 2.75) is 29.8 Å². The van der Waals surface area contributed by atoms with Gasteiger partial charge in [0.15, 0.2) is 0 Å². The molecule has 169 valence electrons. The summed E-state index contributed by atoms with van der Waals surface area (Å²) in [4.78, 5) is 3.15. The number of hydrogen-bond donors (Lipinski definition) is 5. The molecule has 2 rings (SSSR count). The third-order valence-corrected chi connectivity index (χ3v) is 6.38. The number of nitrogens with one attached hydrogen (secondary N) is 1. The molecule has 15 heteroatoms. The largest absolute Gasteiger partial charge is 0.846 e. The van der Waals surface area contributed by atoms with E-state index in [0.717, 1.165) is 24.3 Å². The lowest BCUT2D eigenvalue weighted by atomic mass is 10.1. The van der Waals surface area contributed by atoms with Crippen molar-refractivity contribution >= 4 is 26.6 Å². The quantitative estimate of drug-likeness (QED) is 0.117. The topological polar surface area (TPSA) is 233 Å². The fraction of sp³-hybridized carbons (Fsp3) is 0.188. The molecular formula is C16H21N4O9S2+2. The van der Waals surface area contributed by atoms with Crippen LogP contribution in [-0.4, -0.2) is 24.7 Å². The Bertz CT molecular complexity index is 1150. The fourth-order valence-electron chi connectivity index (χ4n) is 2.46. The van der Waals surface area contributed by atoms with E-state index in [4.69, 9.17) is 0 Å². The van der Waals surface area contributed by atoms with Gasteiger partial charge >= 0.3 is 20.6 Å². The van der Waals surface area contributed by atoms with Crippen molar-refractivity contribution in [2.24, 2.45) is 4.99 Å². The van der Waals surface area contributed by atoms with Crippen LogP contribution in [0.5, 0.6) is 11.5 Å². The van der Waals surface area contributed by atoms with Gasteiger partial charge in [-0.1, -0.05) is 4.28 Å². The third-order valence-electron chi connectivity index (χ3n) is 4.11. The summed E-state index contributed by atoms with van der Waals surface area (Å²) in [5.41, 5.74) is 0.342. The molecule has 0 aliphatic rings. The minimum absolute atomic E-state index is 0.0503. The summed E-state index contributed by atoms with van der Waals surface area (Å²) in [6.07, 6.45) is 0. The van der Waals surface area contributed by atoms with Crippen molar-refractivity contribution < 1.29 is 52.9 Å². The normalized spacial score (nSPS) is 14.3. The minimum Gasteiger partial charge on any atom is -0.846 e. The van der Waals surface area contributed by atoms with Crippen molar-refractivity contribution in [1.82, 2.24) is 5.32 Å². The van der Waals surface area contributed by atoms with E-state index >= 15 is 0 Å². The standard InChI is InChI=1S/C16H20N4O9S2/c1-9-4-13(31(26,27)29-18)6-11(15(9)22)8-20-16(23)19-7-10-5-12(2-3-14(10)21)30(24,25)28-17/h2-6H,7-8H2,1,17-18H3,(H2-2,19,20,21,22,23,26)/q+1/p+1. The number of benzene rings is 2. The van der Waals surface area contributed by atoms with Crippen LogP contribution < -0.4 is 22.2 Å². The molecule has 1 unspecified atom stereocenters.